The number of amides is 1. The Hall–Kier alpha value is -2.26. The van der Waals surface area contributed by atoms with Crippen molar-refractivity contribution in [2.24, 2.45) is 0 Å². The summed E-state index contributed by atoms with van der Waals surface area (Å²) in [6.07, 6.45) is 3.28. The molecule has 0 saturated carbocycles. The highest BCUT2D eigenvalue weighted by molar-refractivity contribution is 6.32. The number of hydrogen-bond acceptors (Lipinski definition) is 2. The molecule has 1 amide bonds. The van der Waals surface area contributed by atoms with Crippen LogP contribution in [-0.2, 0) is 4.79 Å². The van der Waals surface area contributed by atoms with Crippen LogP contribution in [0, 0.1) is 0 Å². The zero-order chi connectivity index (χ0) is 16.8. The molecule has 0 bridgehead atoms. The molecule has 23 heavy (non-hydrogen) atoms. The van der Waals surface area contributed by atoms with Crippen LogP contribution in [0.2, 0.25) is 5.02 Å². The van der Waals surface area contributed by atoms with Gasteiger partial charge in [0.2, 0.25) is 5.91 Å². The quantitative estimate of drug-likeness (QED) is 0.773. The summed E-state index contributed by atoms with van der Waals surface area (Å²) in [6.45, 7) is 4.30. The first-order valence-corrected chi connectivity index (χ1v) is 7.80. The van der Waals surface area contributed by atoms with Gasteiger partial charge in [-0.3, -0.25) is 4.79 Å². The van der Waals surface area contributed by atoms with Gasteiger partial charge in [-0.1, -0.05) is 49.7 Å². The molecular weight excluding hydrogens is 310 g/mol. The van der Waals surface area contributed by atoms with Crippen molar-refractivity contribution in [3.8, 4) is 5.75 Å². The van der Waals surface area contributed by atoms with E-state index in [4.69, 9.17) is 16.3 Å². The fraction of sp³-hybridized carbons (Fsp3) is 0.211. The molecule has 0 aliphatic heterocycles. The number of benzene rings is 2. The van der Waals surface area contributed by atoms with E-state index in [2.05, 4.69) is 31.3 Å². The third-order valence-electron chi connectivity index (χ3n) is 3.45. The highest BCUT2D eigenvalue weighted by Crippen LogP contribution is 2.27. The highest BCUT2D eigenvalue weighted by atomic mass is 35.5. The minimum absolute atomic E-state index is 0.209. The van der Waals surface area contributed by atoms with E-state index in [1.165, 1.54) is 11.6 Å². The van der Waals surface area contributed by atoms with E-state index in [0.717, 1.165) is 5.56 Å². The number of rotatable bonds is 5. The molecule has 0 unspecified atom stereocenters. The van der Waals surface area contributed by atoms with E-state index in [0.29, 0.717) is 22.4 Å². The molecule has 0 fully saturated rings. The van der Waals surface area contributed by atoms with E-state index in [9.17, 15) is 4.79 Å². The van der Waals surface area contributed by atoms with Crippen LogP contribution in [0.25, 0.3) is 6.08 Å². The number of carbonyl (C=O) groups excluding carboxylic acids is 1. The normalized spacial score (nSPS) is 11.0. The maximum absolute atomic E-state index is 12.0. The van der Waals surface area contributed by atoms with Crippen LogP contribution < -0.4 is 10.1 Å². The summed E-state index contributed by atoms with van der Waals surface area (Å²) in [5.74, 6) is 0.862. The number of carbonyl (C=O) groups is 1. The first kappa shape index (κ1) is 17.1. The molecule has 2 aromatic carbocycles. The molecule has 0 radical (unpaired) electrons. The van der Waals surface area contributed by atoms with Gasteiger partial charge in [0.25, 0.3) is 0 Å². The lowest BCUT2D eigenvalue weighted by atomic mass is 10.0. The molecule has 4 heteroatoms. The standard InChI is InChI=1S/C19H20ClNO2/c1-13(2)15-7-4-14(5-8-15)6-11-19(22)21-16-9-10-18(23-3)17(20)12-16/h4-13H,1-3H3,(H,21,22)/b11-6+. The van der Waals surface area contributed by atoms with Crippen molar-refractivity contribution in [3.05, 3.63) is 64.7 Å². The van der Waals surface area contributed by atoms with Crippen molar-refractivity contribution in [2.75, 3.05) is 12.4 Å². The minimum Gasteiger partial charge on any atom is -0.495 e. The zero-order valence-corrected chi connectivity index (χ0v) is 14.2. The average Bonchev–Trinajstić information content (AvgIpc) is 2.53. The highest BCUT2D eigenvalue weighted by Gasteiger charge is 2.04. The average molecular weight is 330 g/mol. The lowest BCUT2D eigenvalue weighted by molar-refractivity contribution is -0.111. The Morgan fingerprint density at radius 1 is 1.17 bits per heavy atom. The Morgan fingerprint density at radius 2 is 1.87 bits per heavy atom. The zero-order valence-electron chi connectivity index (χ0n) is 13.5. The summed E-state index contributed by atoms with van der Waals surface area (Å²) in [5.41, 5.74) is 2.89. The van der Waals surface area contributed by atoms with Crippen LogP contribution in [-0.4, -0.2) is 13.0 Å². The molecule has 0 heterocycles. The summed E-state index contributed by atoms with van der Waals surface area (Å²) in [5, 5.41) is 3.23. The fourth-order valence-electron chi connectivity index (χ4n) is 2.09. The summed E-state index contributed by atoms with van der Waals surface area (Å²) in [4.78, 5) is 12.0. The molecule has 2 rings (SSSR count). The van der Waals surface area contributed by atoms with Crippen molar-refractivity contribution in [1.29, 1.82) is 0 Å². The van der Waals surface area contributed by atoms with Crippen LogP contribution in [0.5, 0.6) is 5.75 Å². The van der Waals surface area contributed by atoms with E-state index in [-0.39, 0.29) is 5.91 Å². The van der Waals surface area contributed by atoms with E-state index in [1.54, 1.807) is 31.4 Å². The summed E-state index contributed by atoms with van der Waals surface area (Å²) >= 11 is 6.03. The predicted octanol–water partition coefficient (Wildman–Crippen LogP) is 5.12. The van der Waals surface area contributed by atoms with Gasteiger partial charge >= 0.3 is 0 Å². The largest absolute Gasteiger partial charge is 0.495 e. The third kappa shape index (κ3) is 4.86. The van der Waals surface area contributed by atoms with Crippen LogP contribution >= 0.6 is 11.6 Å². The van der Waals surface area contributed by atoms with E-state index >= 15 is 0 Å². The molecule has 0 aliphatic carbocycles. The topological polar surface area (TPSA) is 38.3 Å². The molecule has 0 atom stereocenters. The molecule has 0 saturated heterocycles. The van der Waals surface area contributed by atoms with Crippen LogP contribution in [0.3, 0.4) is 0 Å². The Bertz CT molecular complexity index is 706. The lowest BCUT2D eigenvalue weighted by Gasteiger charge is -2.06. The molecule has 0 spiro atoms. The monoisotopic (exact) mass is 329 g/mol. The van der Waals surface area contributed by atoms with Crippen molar-refractivity contribution < 1.29 is 9.53 Å². The van der Waals surface area contributed by atoms with Gasteiger partial charge in [-0.15, -0.1) is 0 Å². The van der Waals surface area contributed by atoms with Gasteiger partial charge < -0.3 is 10.1 Å². The summed E-state index contributed by atoms with van der Waals surface area (Å²) in [7, 11) is 1.55. The van der Waals surface area contributed by atoms with Crippen molar-refractivity contribution in [1.82, 2.24) is 0 Å². The van der Waals surface area contributed by atoms with E-state index < -0.39 is 0 Å². The predicted molar refractivity (Wildman–Crippen MR) is 96.2 cm³/mol. The van der Waals surface area contributed by atoms with Gasteiger partial charge in [-0.25, -0.2) is 0 Å². The van der Waals surface area contributed by atoms with Crippen LogP contribution in [0.15, 0.2) is 48.5 Å². The SMILES string of the molecule is COc1ccc(NC(=O)/C=C/c2ccc(C(C)C)cc2)cc1Cl. The van der Waals surface area contributed by atoms with Crippen LogP contribution in [0.1, 0.15) is 30.9 Å². The Balaban J connectivity index is 2.00. The molecule has 0 aromatic heterocycles. The van der Waals surface area contributed by atoms with Crippen molar-refractivity contribution in [2.45, 2.75) is 19.8 Å². The number of methoxy groups -OCH3 is 1. The van der Waals surface area contributed by atoms with E-state index in [1.807, 2.05) is 12.1 Å². The number of nitrogens with one attached hydrogen (secondary N) is 1. The first-order valence-electron chi connectivity index (χ1n) is 7.42. The lowest BCUT2D eigenvalue weighted by Crippen LogP contribution is -2.07. The second-order valence-electron chi connectivity index (χ2n) is 5.49. The van der Waals surface area contributed by atoms with Gasteiger partial charge in [0.15, 0.2) is 0 Å². The minimum atomic E-state index is -0.209. The summed E-state index contributed by atoms with van der Waals surface area (Å²) < 4.78 is 5.08. The number of hydrogen-bond donors (Lipinski definition) is 1. The van der Waals surface area contributed by atoms with Gasteiger partial charge in [-0.05, 0) is 41.3 Å². The molecule has 1 N–H and O–H groups in total. The van der Waals surface area contributed by atoms with Gasteiger partial charge in [0.1, 0.15) is 5.75 Å². The third-order valence-corrected chi connectivity index (χ3v) is 3.74. The van der Waals surface area contributed by atoms with Gasteiger partial charge in [-0.2, -0.15) is 0 Å². The Labute approximate surface area is 141 Å². The summed E-state index contributed by atoms with van der Waals surface area (Å²) in [6, 6.07) is 13.3. The first-order chi connectivity index (χ1) is 11.0. The maximum Gasteiger partial charge on any atom is 0.248 e. The molecule has 0 aliphatic rings. The van der Waals surface area contributed by atoms with Crippen molar-refractivity contribution >= 4 is 29.3 Å². The molecule has 3 nitrogen and oxygen atoms in total. The number of halogens is 1. The fourth-order valence-corrected chi connectivity index (χ4v) is 2.35. The number of ether oxygens (including phenoxy) is 1. The molecule has 2 aromatic rings. The Morgan fingerprint density at radius 3 is 2.43 bits per heavy atom. The van der Waals surface area contributed by atoms with Gasteiger partial charge in [0.05, 0.1) is 12.1 Å². The molecule has 120 valence electrons. The maximum atomic E-state index is 12.0. The van der Waals surface area contributed by atoms with Crippen molar-refractivity contribution in [3.63, 3.8) is 0 Å². The second kappa shape index (κ2) is 7.84. The molecular formula is C19H20ClNO2. The smallest absolute Gasteiger partial charge is 0.248 e. The second-order valence-corrected chi connectivity index (χ2v) is 5.90. The van der Waals surface area contributed by atoms with Gasteiger partial charge in [0, 0.05) is 11.8 Å². The Kier molecular flexibility index (Phi) is 5.83. The van der Waals surface area contributed by atoms with Crippen LogP contribution in [0.4, 0.5) is 5.69 Å². The number of anilines is 1.